The van der Waals surface area contributed by atoms with Gasteiger partial charge in [-0.05, 0) is 42.7 Å². The lowest BCUT2D eigenvalue weighted by Crippen LogP contribution is -2.37. The molecule has 0 aromatic heterocycles. The van der Waals surface area contributed by atoms with Crippen molar-refractivity contribution in [2.24, 2.45) is 0 Å². The molecule has 4 rings (SSSR count). The Morgan fingerprint density at radius 3 is 2.52 bits per heavy atom. The molecular formula is C22H25N3O2. The van der Waals surface area contributed by atoms with Crippen molar-refractivity contribution < 1.29 is 9.59 Å². The van der Waals surface area contributed by atoms with E-state index in [1.807, 2.05) is 30.3 Å². The van der Waals surface area contributed by atoms with Gasteiger partial charge in [-0.3, -0.25) is 14.5 Å². The molecule has 2 aliphatic rings. The Balaban J connectivity index is 1.31. The molecule has 1 N–H and O–H groups in total. The van der Waals surface area contributed by atoms with E-state index in [9.17, 15) is 9.59 Å². The Hall–Kier alpha value is -2.66. The van der Waals surface area contributed by atoms with E-state index >= 15 is 0 Å². The van der Waals surface area contributed by atoms with E-state index in [2.05, 4.69) is 34.5 Å². The molecule has 0 unspecified atom stereocenters. The van der Waals surface area contributed by atoms with Crippen LogP contribution in [0.25, 0.3) is 0 Å². The number of hydrogen-bond acceptors (Lipinski definition) is 3. The summed E-state index contributed by atoms with van der Waals surface area (Å²) in [5, 5.41) is 3.15. The Kier molecular flexibility index (Phi) is 5.21. The SMILES string of the molecule is O=C(N[C@H]1CCN(Cc2ccccc2)C1)c1ccc(N2CCCC2=O)cc1. The van der Waals surface area contributed by atoms with Gasteiger partial charge >= 0.3 is 0 Å². The lowest BCUT2D eigenvalue weighted by atomic mass is 10.1. The summed E-state index contributed by atoms with van der Waals surface area (Å²) in [6.45, 7) is 3.56. The standard InChI is InChI=1S/C22H25N3O2/c26-21-7-4-13-25(21)20-10-8-18(9-11-20)22(27)23-19-12-14-24(16-19)15-17-5-2-1-3-6-17/h1-3,5-6,8-11,19H,4,7,12-16H2,(H,23,27)/t19-/m0/s1. The van der Waals surface area contributed by atoms with Crippen LogP contribution in [-0.2, 0) is 11.3 Å². The summed E-state index contributed by atoms with van der Waals surface area (Å²) in [5.74, 6) is 0.123. The van der Waals surface area contributed by atoms with Gasteiger partial charge in [-0.2, -0.15) is 0 Å². The van der Waals surface area contributed by atoms with Gasteiger partial charge in [-0.25, -0.2) is 0 Å². The highest BCUT2D eigenvalue weighted by atomic mass is 16.2. The monoisotopic (exact) mass is 363 g/mol. The van der Waals surface area contributed by atoms with E-state index < -0.39 is 0 Å². The fourth-order valence-corrected chi connectivity index (χ4v) is 3.92. The molecular weight excluding hydrogens is 338 g/mol. The number of amides is 2. The van der Waals surface area contributed by atoms with Crippen LogP contribution in [0.4, 0.5) is 5.69 Å². The van der Waals surface area contributed by atoms with Crippen molar-refractivity contribution in [2.45, 2.75) is 31.8 Å². The second kappa shape index (κ2) is 7.92. The van der Waals surface area contributed by atoms with Crippen molar-refractivity contribution in [3.05, 3.63) is 65.7 Å². The molecule has 2 saturated heterocycles. The maximum atomic E-state index is 12.6. The van der Waals surface area contributed by atoms with Crippen LogP contribution in [0, 0.1) is 0 Å². The van der Waals surface area contributed by atoms with Crippen LogP contribution in [0.3, 0.4) is 0 Å². The molecule has 0 bridgehead atoms. The molecule has 0 saturated carbocycles. The first kappa shape index (κ1) is 17.7. The number of carbonyl (C=O) groups is 2. The van der Waals surface area contributed by atoms with Crippen molar-refractivity contribution in [1.82, 2.24) is 10.2 Å². The van der Waals surface area contributed by atoms with E-state index in [1.165, 1.54) is 5.56 Å². The summed E-state index contributed by atoms with van der Waals surface area (Å²) in [7, 11) is 0. The van der Waals surface area contributed by atoms with Crippen molar-refractivity contribution >= 4 is 17.5 Å². The maximum absolute atomic E-state index is 12.6. The highest BCUT2D eigenvalue weighted by Crippen LogP contribution is 2.22. The van der Waals surface area contributed by atoms with E-state index in [0.717, 1.165) is 44.7 Å². The molecule has 2 heterocycles. The van der Waals surface area contributed by atoms with Crippen molar-refractivity contribution in [1.29, 1.82) is 0 Å². The van der Waals surface area contributed by atoms with E-state index in [0.29, 0.717) is 12.0 Å². The molecule has 27 heavy (non-hydrogen) atoms. The van der Waals surface area contributed by atoms with Crippen LogP contribution in [0.5, 0.6) is 0 Å². The average molecular weight is 363 g/mol. The molecule has 1 atom stereocenters. The van der Waals surface area contributed by atoms with Crippen LogP contribution in [0.15, 0.2) is 54.6 Å². The fourth-order valence-electron chi connectivity index (χ4n) is 3.92. The zero-order valence-corrected chi connectivity index (χ0v) is 15.4. The lowest BCUT2D eigenvalue weighted by Gasteiger charge is -2.18. The first-order valence-corrected chi connectivity index (χ1v) is 9.66. The van der Waals surface area contributed by atoms with Gasteiger partial charge in [-0.1, -0.05) is 30.3 Å². The lowest BCUT2D eigenvalue weighted by molar-refractivity contribution is -0.117. The van der Waals surface area contributed by atoms with Crippen molar-refractivity contribution in [3.8, 4) is 0 Å². The van der Waals surface area contributed by atoms with Crippen LogP contribution < -0.4 is 10.2 Å². The smallest absolute Gasteiger partial charge is 0.251 e. The minimum atomic E-state index is -0.0409. The van der Waals surface area contributed by atoms with Gasteiger partial charge in [0.15, 0.2) is 0 Å². The number of rotatable bonds is 5. The predicted octanol–water partition coefficient (Wildman–Crippen LogP) is 2.82. The van der Waals surface area contributed by atoms with Gasteiger partial charge in [-0.15, -0.1) is 0 Å². The maximum Gasteiger partial charge on any atom is 0.251 e. The summed E-state index contributed by atoms with van der Waals surface area (Å²) in [5.41, 5.74) is 2.83. The third-order valence-corrected chi connectivity index (χ3v) is 5.37. The minimum absolute atomic E-state index is 0.0409. The second-order valence-corrected chi connectivity index (χ2v) is 7.38. The first-order chi connectivity index (χ1) is 13.2. The summed E-state index contributed by atoms with van der Waals surface area (Å²) < 4.78 is 0. The van der Waals surface area contributed by atoms with Gasteiger partial charge in [0.25, 0.3) is 5.91 Å². The largest absolute Gasteiger partial charge is 0.348 e. The highest BCUT2D eigenvalue weighted by molar-refractivity contribution is 5.97. The van der Waals surface area contributed by atoms with E-state index in [-0.39, 0.29) is 17.9 Å². The average Bonchev–Trinajstić information content (AvgIpc) is 3.31. The molecule has 5 heteroatoms. The van der Waals surface area contributed by atoms with Crippen molar-refractivity contribution in [2.75, 3.05) is 24.5 Å². The van der Waals surface area contributed by atoms with Crippen LogP contribution in [0.2, 0.25) is 0 Å². The number of likely N-dealkylation sites (tertiary alicyclic amines) is 1. The van der Waals surface area contributed by atoms with E-state index in [4.69, 9.17) is 0 Å². The zero-order valence-electron chi connectivity index (χ0n) is 15.4. The van der Waals surface area contributed by atoms with Crippen LogP contribution >= 0.6 is 0 Å². The van der Waals surface area contributed by atoms with Gasteiger partial charge < -0.3 is 10.2 Å². The molecule has 140 valence electrons. The molecule has 2 aliphatic heterocycles. The normalized spacial score (nSPS) is 20.2. The summed E-state index contributed by atoms with van der Waals surface area (Å²) in [6.07, 6.45) is 2.49. The van der Waals surface area contributed by atoms with Crippen LogP contribution in [-0.4, -0.2) is 42.4 Å². The number of nitrogens with zero attached hydrogens (tertiary/aromatic N) is 2. The topological polar surface area (TPSA) is 52.7 Å². The Morgan fingerprint density at radius 2 is 1.81 bits per heavy atom. The summed E-state index contributed by atoms with van der Waals surface area (Å²) in [4.78, 5) is 28.5. The van der Waals surface area contributed by atoms with Crippen LogP contribution in [0.1, 0.15) is 35.2 Å². The third-order valence-electron chi connectivity index (χ3n) is 5.37. The Labute approximate surface area is 160 Å². The molecule has 5 nitrogen and oxygen atoms in total. The van der Waals surface area contributed by atoms with Gasteiger partial charge in [0, 0.05) is 49.9 Å². The molecule has 0 spiro atoms. The van der Waals surface area contributed by atoms with Gasteiger partial charge in [0.05, 0.1) is 0 Å². The summed E-state index contributed by atoms with van der Waals surface area (Å²) >= 11 is 0. The van der Waals surface area contributed by atoms with E-state index in [1.54, 1.807) is 4.90 Å². The molecule has 2 amide bonds. The Bertz CT molecular complexity index is 804. The third kappa shape index (κ3) is 4.19. The molecule has 0 radical (unpaired) electrons. The molecule has 2 aromatic rings. The number of hydrogen-bond donors (Lipinski definition) is 1. The summed E-state index contributed by atoms with van der Waals surface area (Å²) in [6, 6.07) is 18.0. The Morgan fingerprint density at radius 1 is 1.04 bits per heavy atom. The molecule has 2 fully saturated rings. The first-order valence-electron chi connectivity index (χ1n) is 9.66. The number of carbonyl (C=O) groups excluding carboxylic acids is 2. The van der Waals surface area contributed by atoms with Gasteiger partial charge in [0.2, 0.25) is 5.91 Å². The number of benzene rings is 2. The minimum Gasteiger partial charge on any atom is -0.348 e. The molecule has 0 aliphatic carbocycles. The number of anilines is 1. The molecule has 2 aromatic carbocycles. The second-order valence-electron chi connectivity index (χ2n) is 7.38. The quantitative estimate of drug-likeness (QED) is 0.889. The number of nitrogens with one attached hydrogen (secondary N) is 1. The van der Waals surface area contributed by atoms with Crippen molar-refractivity contribution in [3.63, 3.8) is 0 Å². The van der Waals surface area contributed by atoms with Gasteiger partial charge in [0.1, 0.15) is 0 Å². The predicted molar refractivity (Wildman–Crippen MR) is 106 cm³/mol. The fraction of sp³-hybridized carbons (Fsp3) is 0.364. The highest BCUT2D eigenvalue weighted by Gasteiger charge is 2.25. The zero-order chi connectivity index (χ0) is 18.6.